The molecule has 5 heteroatoms. The van der Waals surface area contributed by atoms with Crippen LogP contribution in [-0.2, 0) is 4.74 Å². The molecule has 0 amide bonds. The number of thioether (sulfide) groups is 1. The van der Waals surface area contributed by atoms with Crippen LogP contribution in [0.1, 0.15) is 13.3 Å². The standard InChI is InChI=1S/C12H15N3OS/c1-7-11(2-3-16-7)17-12-5-10-8(4-9(12)13)6-14-15-10/h4-7,11H,2-3,13H2,1H3,(H,14,15). The van der Waals surface area contributed by atoms with Gasteiger partial charge in [0.2, 0.25) is 0 Å². The van der Waals surface area contributed by atoms with E-state index in [9.17, 15) is 0 Å². The highest BCUT2D eigenvalue weighted by Crippen LogP contribution is 2.37. The fraction of sp³-hybridized carbons (Fsp3) is 0.417. The van der Waals surface area contributed by atoms with Crippen LogP contribution in [0, 0.1) is 0 Å². The Morgan fingerprint density at radius 2 is 2.41 bits per heavy atom. The summed E-state index contributed by atoms with van der Waals surface area (Å²) in [5.74, 6) is 0. The Bertz CT molecular complexity index is 540. The van der Waals surface area contributed by atoms with Crippen molar-refractivity contribution in [3.63, 3.8) is 0 Å². The first-order valence-corrected chi connectivity index (χ1v) is 6.63. The normalized spacial score (nSPS) is 24.5. The van der Waals surface area contributed by atoms with Crippen LogP contribution >= 0.6 is 11.8 Å². The van der Waals surface area contributed by atoms with E-state index < -0.39 is 0 Å². The summed E-state index contributed by atoms with van der Waals surface area (Å²) in [7, 11) is 0. The molecule has 1 fully saturated rings. The van der Waals surface area contributed by atoms with Crippen molar-refractivity contribution in [2.75, 3.05) is 12.3 Å². The van der Waals surface area contributed by atoms with E-state index in [4.69, 9.17) is 10.5 Å². The first-order valence-electron chi connectivity index (χ1n) is 5.75. The number of anilines is 1. The summed E-state index contributed by atoms with van der Waals surface area (Å²) >= 11 is 1.81. The van der Waals surface area contributed by atoms with Gasteiger partial charge in [-0.15, -0.1) is 11.8 Å². The quantitative estimate of drug-likeness (QED) is 0.802. The van der Waals surface area contributed by atoms with Crippen molar-refractivity contribution in [1.82, 2.24) is 10.2 Å². The van der Waals surface area contributed by atoms with Gasteiger partial charge in [-0.05, 0) is 25.5 Å². The second-order valence-corrected chi connectivity index (χ2v) is 5.65. The maximum atomic E-state index is 6.07. The van der Waals surface area contributed by atoms with Gasteiger partial charge in [-0.1, -0.05) is 0 Å². The monoisotopic (exact) mass is 249 g/mol. The Kier molecular flexibility index (Phi) is 2.72. The second kappa shape index (κ2) is 4.23. The number of fused-ring (bicyclic) bond motifs is 1. The molecule has 1 aromatic carbocycles. The summed E-state index contributed by atoms with van der Waals surface area (Å²) in [5.41, 5.74) is 7.92. The predicted molar refractivity (Wildman–Crippen MR) is 70.2 cm³/mol. The van der Waals surface area contributed by atoms with Gasteiger partial charge >= 0.3 is 0 Å². The minimum atomic E-state index is 0.303. The molecule has 2 heterocycles. The maximum absolute atomic E-state index is 6.07. The van der Waals surface area contributed by atoms with E-state index in [2.05, 4.69) is 23.2 Å². The van der Waals surface area contributed by atoms with Crippen LogP contribution < -0.4 is 5.73 Å². The highest BCUT2D eigenvalue weighted by atomic mass is 32.2. The first-order chi connectivity index (χ1) is 8.24. The van der Waals surface area contributed by atoms with Gasteiger partial charge < -0.3 is 10.5 Å². The molecule has 1 saturated heterocycles. The molecule has 0 bridgehead atoms. The number of nitrogens with one attached hydrogen (secondary N) is 1. The minimum Gasteiger partial charge on any atom is -0.398 e. The van der Waals surface area contributed by atoms with Crippen molar-refractivity contribution in [1.29, 1.82) is 0 Å². The van der Waals surface area contributed by atoms with E-state index in [0.29, 0.717) is 11.4 Å². The largest absolute Gasteiger partial charge is 0.398 e. The highest BCUT2D eigenvalue weighted by molar-refractivity contribution is 8.00. The molecule has 0 aliphatic carbocycles. The van der Waals surface area contributed by atoms with Crippen molar-refractivity contribution in [3.8, 4) is 0 Å². The van der Waals surface area contributed by atoms with Crippen molar-refractivity contribution >= 4 is 28.4 Å². The smallest absolute Gasteiger partial charge is 0.0669 e. The fourth-order valence-electron chi connectivity index (χ4n) is 2.12. The van der Waals surface area contributed by atoms with Crippen LogP contribution in [0.2, 0.25) is 0 Å². The lowest BCUT2D eigenvalue weighted by Gasteiger charge is -2.14. The fourth-order valence-corrected chi connectivity index (χ4v) is 3.31. The number of nitrogen functional groups attached to an aromatic ring is 1. The highest BCUT2D eigenvalue weighted by Gasteiger charge is 2.25. The molecule has 0 spiro atoms. The minimum absolute atomic E-state index is 0.303. The van der Waals surface area contributed by atoms with Crippen LogP contribution in [-0.4, -0.2) is 28.2 Å². The Labute approximate surface area is 104 Å². The Morgan fingerprint density at radius 3 is 3.18 bits per heavy atom. The summed E-state index contributed by atoms with van der Waals surface area (Å²) in [6.07, 6.45) is 3.19. The lowest BCUT2D eigenvalue weighted by atomic mass is 10.2. The topological polar surface area (TPSA) is 63.9 Å². The molecule has 2 atom stereocenters. The SMILES string of the molecule is CC1OCCC1Sc1cc2[nH]ncc2cc1N. The van der Waals surface area contributed by atoms with E-state index in [0.717, 1.165) is 34.5 Å². The molecule has 1 aliphatic heterocycles. The number of nitrogens with two attached hydrogens (primary N) is 1. The van der Waals surface area contributed by atoms with Gasteiger partial charge in [0.15, 0.2) is 0 Å². The Hall–Kier alpha value is -1.20. The average Bonchev–Trinajstić information content (AvgIpc) is 2.89. The molecular weight excluding hydrogens is 234 g/mol. The van der Waals surface area contributed by atoms with E-state index >= 15 is 0 Å². The van der Waals surface area contributed by atoms with E-state index in [-0.39, 0.29) is 0 Å². The number of H-pyrrole nitrogens is 1. The Balaban J connectivity index is 1.91. The number of nitrogens with zero attached hydrogens (tertiary/aromatic N) is 1. The Morgan fingerprint density at radius 1 is 1.53 bits per heavy atom. The lowest BCUT2D eigenvalue weighted by Crippen LogP contribution is -2.13. The molecule has 4 nitrogen and oxygen atoms in total. The number of hydrogen-bond donors (Lipinski definition) is 2. The van der Waals surface area contributed by atoms with Crippen molar-refractivity contribution in [3.05, 3.63) is 18.3 Å². The third kappa shape index (κ3) is 2.00. The zero-order valence-corrected chi connectivity index (χ0v) is 10.5. The molecule has 1 aromatic heterocycles. The molecule has 2 aromatic rings. The summed E-state index contributed by atoms with van der Waals surface area (Å²) in [5, 5.41) is 8.54. The molecule has 3 N–H and O–H groups in total. The van der Waals surface area contributed by atoms with Crippen LogP contribution in [0.5, 0.6) is 0 Å². The molecule has 2 unspecified atom stereocenters. The zero-order valence-electron chi connectivity index (χ0n) is 9.64. The summed E-state index contributed by atoms with van der Waals surface area (Å²) in [6.45, 7) is 2.97. The summed E-state index contributed by atoms with van der Waals surface area (Å²) < 4.78 is 5.57. The van der Waals surface area contributed by atoms with Crippen molar-refractivity contribution in [2.45, 2.75) is 29.6 Å². The van der Waals surface area contributed by atoms with Crippen molar-refractivity contribution in [2.24, 2.45) is 0 Å². The van der Waals surface area contributed by atoms with E-state index in [1.807, 2.05) is 6.07 Å². The summed E-state index contributed by atoms with van der Waals surface area (Å²) in [6, 6.07) is 4.05. The van der Waals surface area contributed by atoms with Crippen LogP contribution in [0.4, 0.5) is 5.69 Å². The molecule has 90 valence electrons. The molecule has 17 heavy (non-hydrogen) atoms. The van der Waals surface area contributed by atoms with Gasteiger partial charge in [0.25, 0.3) is 0 Å². The third-order valence-electron chi connectivity index (χ3n) is 3.16. The van der Waals surface area contributed by atoms with Crippen molar-refractivity contribution < 1.29 is 4.74 Å². The number of ether oxygens (including phenoxy) is 1. The number of aromatic amines is 1. The number of hydrogen-bond acceptors (Lipinski definition) is 4. The maximum Gasteiger partial charge on any atom is 0.0669 e. The predicted octanol–water partition coefficient (Wildman–Crippen LogP) is 2.41. The summed E-state index contributed by atoms with van der Waals surface area (Å²) in [4.78, 5) is 1.11. The first kappa shape index (κ1) is 10.9. The van der Waals surface area contributed by atoms with Gasteiger partial charge in [0, 0.05) is 27.8 Å². The van der Waals surface area contributed by atoms with Gasteiger partial charge in [-0.25, -0.2) is 0 Å². The second-order valence-electron chi connectivity index (χ2n) is 4.37. The van der Waals surface area contributed by atoms with Gasteiger partial charge in [0.1, 0.15) is 0 Å². The van der Waals surface area contributed by atoms with Crippen LogP contribution in [0.25, 0.3) is 10.9 Å². The van der Waals surface area contributed by atoms with Crippen LogP contribution in [0.15, 0.2) is 23.2 Å². The van der Waals surface area contributed by atoms with E-state index in [1.165, 1.54) is 0 Å². The van der Waals surface area contributed by atoms with Gasteiger partial charge in [0.05, 0.1) is 17.8 Å². The lowest BCUT2D eigenvalue weighted by molar-refractivity contribution is 0.127. The molecule has 1 aliphatic rings. The molecule has 3 rings (SSSR count). The zero-order chi connectivity index (χ0) is 11.8. The molecular formula is C12H15N3OS. The molecule has 0 saturated carbocycles. The van der Waals surface area contributed by atoms with E-state index in [1.54, 1.807) is 18.0 Å². The molecule has 0 radical (unpaired) electrons. The van der Waals surface area contributed by atoms with Gasteiger partial charge in [-0.2, -0.15) is 5.10 Å². The van der Waals surface area contributed by atoms with Gasteiger partial charge in [-0.3, -0.25) is 5.10 Å². The third-order valence-corrected chi connectivity index (χ3v) is 4.68. The average molecular weight is 249 g/mol. The number of benzene rings is 1. The van der Waals surface area contributed by atoms with Crippen LogP contribution in [0.3, 0.4) is 0 Å². The number of aromatic nitrogens is 2. The number of rotatable bonds is 2.